The minimum absolute atomic E-state index is 0.110. The number of amides is 1. The van der Waals surface area contributed by atoms with Crippen LogP contribution in [0.3, 0.4) is 0 Å². The summed E-state index contributed by atoms with van der Waals surface area (Å²) >= 11 is 6.08. The van der Waals surface area contributed by atoms with E-state index in [-0.39, 0.29) is 23.8 Å². The van der Waals surface area contributed by atoms with Crippen LogP contribution in [-0.2, 0) is 14.3 Å². The maximum absolute atomic E-state index is 12.6. The number of nitrogens with one attached hydrogen (secondary N) is 3. The van der Waals surface area contributed by atoms with Crippen LogP contribution in [-0.4, -0.2) is 55.8 Å². The summed E-state index contributed by atoms with van der Waals surface area (Å²) in [5, 5.41) is 4.05. The quantitative estimate of drug-likeness (QED) is 0.697. The molecule has 1 aromatic heterocycles. The molecule has 140 valence electrons. The van der Waals surface area contributed by atoms with Gasteiger partial charge in [-0.15, -0.1) is 0 Å². The highest BCUT2D eigenvalue weighted by atomic mass is 35.5. The van der Waals surface area contributed by atoms with Crippen LogP contribution in [0.4, 0.5) is 5.69 Å². The number of aromatic amines is 1. The zero-order valence-electron chi connectivity index (χ0n) is 15.0. The van der Waals surface area contributed by atoms with Crippen molar-refractivity contribution in [2.75, 3.05) is 32.1 Å². The van der Waals surface area contributed by atoms with Gasteiger partial charge in [0.05, 0.1) is 12.8 Å². The van der Waals surface area contributed by atoms with E-state index in [1.807, 2.05) is 13.8 Å². The van der Waals surface area contributed by atoms with Gasteiger partial charge in [-0.05, 0) is 32.0 Å². The van der Waals surface area contributed by atoms with Crippen molar-refractivity contribution in [2.45, 2.75) is 26.1 Å². The van der Waals surface area contributed by atoms with Crippen LogP contribution in [0.1, 0.15) is 24.3 Å². The molecule has 2 aromatic rings. The van der Waals surface area contributed by atoms with Crippen molar-refractivity contribution in [1.29, 1.82) is 0 Å². The van der Waals surface area contributed by atoms with Crippen LogP contribution < -0.4 is 10.2 Å². The van der Waals surface area contributed by atoms with Gasteiger partial charge in [-0.25, -0.2) is 4.79 Å². The van der Waals surface area contributed by atoms with Gasteiger partial charge < -0.3 is 24.7 Å². The number of aromatic nitrogens is 1. The predicted octanol–water partition coefficient (Wildman–Crippen LogP) is 1.24. The lowest BCUT2D eigenvalue weighted by atomic mass is 10.2. The Hall–Kier alpha value is -2.09. The van der Waals surface area contributed by atoms with Gasteiger partial charge >= 0.3 is 5.97 Å². The van der Waals surface area contributed by atoms with E-state index < -0.39 is 5.97 Å². The number of halogens is 1. The van der Waals surface area contributed by atoms with E-state index in [9.17, 15) is 9.59 Å². The fraction of sp³-hybridized carbons (Fsp3) is 0.444. The smallest absolute Gasteiger partial charge is 0.356 e. The number of fused-ring (bicyclic) bond motifs is 1. The standard InChI is InChI=1S/C18H22ClN3O4/c1-10-7-22(8-11(2)26-10)9-15(23)21-16-13-6-12(19)4-5-14(13)20-17(16)18(24)25-3/h4-6,10-11,20H,7-9H2,1-3H3,(H,21,23)/p+1/t10-,11+. The van der Waals surface area contributed by atoms with Gasteiger partial charge in [0.15, 0.2) is 6.54 Å². The van der Waals surface area contributed by atoms with Crippen molar-refractivity contribution in [3.8, 4) is 0 Å². The number of rotatable bonds is 4. The number of carbonyl (C=O) groups is 2. The number of quaternary nitrogens is 1. The Balaban J connectivity index is 1.83. The fourth-order valence-electron chi connectivity index (χ4n) is 3.49. The second kappa shape index (κ2) is 7.65. The first-order valence-corrected chi connectivity index (χ1v) is 8.93. The van der Waals surface area contributed by atoms with Crippen LogP contribution in [0, 0.1) is 0 Å². The molecule has 0 aliphatic carbocycles. The van der Waals surface area contributed by atoms with Crippen LogP contribution in [0.5, 0.6) is 0 Å². The van der Waals surface area contributed by atoms with Crippen LogP contribution in [0.25, 0.3) is 10.9 Å². The Morgan fingerprint density at radius 2 is 2.04 bits per heavy atom. The van der Waals surface area contributed by atoms with E-state index in [0.29, 0.717) is 28.2 Å². The molecule has 1 amide bonds. The summed E-state index contributed by atoms with van der Waals surface area (Å²) in [5.41, 5.74) is 1.30. The molecule has 7 nitrogen and oxygen atoms in total. The maximum Gasteiger partial charge on any atom is 0.356 e. The van der Waals surface area contributed by atoms with Gasteiger partial charge in [0, 0.05) is 15.9 Å². The second-order valence-electron chi connectivity index (χ2n) is 6.70. The minimum atomic E-state index is -0.548. The van der Waals surface area contributed by atoms with Crippen molar-refractivity contribution in [2.24, 2.45) is 0 Å². The summed E-state index contributed by atoms with van der Waals surface area (Å²) in [6, 6.07) is 5.19. The lowest BCUT2D eigenvalue weighted by Gasteiger charge is -2.31. The highest BCUT2D eigenvalue weighted by Gasteiger charge is 2.28. The zero-order valence-corrected chi connectivity index (χ0v) is 15.8. The number of hydrogen-bond donors (Lipinski definition) is 3. The summed E-state index contributed by atoms with van der Waals surface area (Å²) in [7, 11) is 1.30. The number of ether oxygens (including phenoxy) is 2. The van der Waals surface area contributed by atoms with E-state index in [1.165, 1.54) is 7.11 Å². The Morgan fingerprint density at radius 1 is 1.35 bits per heavy atom. The topological polar surface area (TPSA) is 84.9 Å². The number of esters is 1. The number of H-pyrrole nitrogens is 1. The highest BCUT2D eigenvalue weighted by Crippen LogP contribution is 2.30. The Kier molecular flexibility index (Phi) is 5.50. The number of benzene rings is 1. The SMILES string of the molecule is COC(=O)c1[nH]c2ccc(Cl)cc2c1NC(=O)C[NH+]1C[C@@H](C)O[C@@H](C)C1. The molecule has 0 radical (unpaired) electrons. The van der Waals surface area contributed by atoms with Gasteiger partial charge in [-0.1, -0.05) is 11.6 Å². The molecule has 2 heterocycles. The number of hydrogen-bond acceptors (Lipinski definition) is 4. The third-order valence-corrected chi connectivity index (χ3v) is 4.68. The van der Waals surface area contributed by atoms with Gasteiger partial charge in [0.1, 0.15) is 31.0 Å². The molecule has 0 saturated carbocycles. The van der Waals surface area contributed by atoms with Gasteiger partial charge in [-0.3, -0.25) is 4.79 Å². The molecule has 3 N–H and O–H groups in total. The first-order chi connectivity index (χ1) is 12.4. The van der Waals surface area contributed by atoms with E-state index in [0.717, 1.165) is 18.0 Å². The molecule has 1 unspecified atom stereocenters. The van der Waals surface area contributed by atoms with Crippen molar-refractivity contribution >= 4 is 40.1 Å². The largest absolute Gasteiger partial charge is 0.464 e. The maximum atomic E-state index is 12.6. The second-order valence-corrected chi connectivity index (χ2v) is 7.13. The molecule has 1 aromatic carbocycles. The molecular formula is C18H23ClN3O4+. The van der Waals surface area contributed by atoms with E-state index in [2.05, 4.69) is 10.3 Å². The highest BCUT2D eigenvalue weighted by molar-refractivity contribution is 6.31. The summed E-state index contributed by atoms with van der Waals surface area (Å²) in [5.74, 6) is -0.721. The van der Waals surface area contributed by atoms with E-state index in [1.54, 1.807) is 18.2 Å². The third kappa shape index (κ3) is 4.00. The molecule has 1 aliphatic heterocycles. The molecule has 1 saturated heterocycles. The van der Waals surface area contributed by atoms with Crippen LogP contribution in [0.15, 0.2) is 18.2 Å². The van der Waals surface area contributed by atoms with Crippen LogP contribution in [0.2, 0.25) is 5.02 Å². The summed E-state index contributed by atoms with van der Waals surface area (Å²) in [6.45, 7) is 5.84. The lowest BCUT2D eigenvalue weighted by molar-refractivity contribution is -0.907. The van der Waals surface area contributed by atoms with Gasteiger partial charge in [0.2, 0.25) is 0 Å². The van der Waals surface area contributed by atoms with Gasteiger partial charge in [-0.2, -0.15) is 0 Å². The molecule has 3 rings (SSSR count). The molecule has 8 heteroatoms. The number of morpholine rings is 1. The molecule has 26 heavy (non-hydrogen) atoms. The number of carbonyl (C=O) groups excluding carboxylic acids is 2. The summed E-state index contributed by atoms with van der Waals surface area (Å²) in [4.78, 5) is 28.8. The van der Waals surface area contributed by atoms with Crippen LogP contribution >= 0.6 is 11.6 Å². The molecule has 0 bridgehead atoms. The third-order valence-electron chi connectivity index (χ3n) is 4.44. The van der Waals surface area contributed by atoms with Crippen molar-refractivity contribution in [3.63, 3.8) is 0 Å². The minimum Gasteiger partial charge on any atom is -0.464 e. The Bertz CT molecular complexity index is 825. The molecule has 1 fully saturated rings. The predicted molar refractivity (Wildman–Crippen MR) is 98.9 cm³/mol. The van der Waals surface area contributed by atoms with Gasteiger partial charge in [0.25, 0.3) is 5.91 Å². The lowest BCUT2D eigenvalue weighted by Crippen LogP contribution is -3.16. The average molecular weight is 381 g/mol. The molecule has 1 aliphatic rings. The summed E-state index contributed by atoms with van der Waals surface area (Å²) < 4.78 is 10.5. The van der Waals surface area contributed by atoms with Crippen molar-refractivity contribution in [3.05, 3.63) is 28.9 Å². The normalized spacial score (nSPS) is 23.0. The molecule has 0 spiro atoms. The Labute approximate surface area is 156 Å². The van der Waals surface area contributed by atoms with Crippen molar-refractivity contribution < 1.29 is 24.0 Å². The Morgan fingerprint density at radius 3 is 2.69 bits per heavy atom. The monoisotopic (exact) mass is 380 g/mol. The van der Waals surface area contributed by atoms with Crippen molar-refractivity contribution in [1.82, 2.24) is 4.98 Å². The molecular weight excluding hydrogens is 358 g/mol. The first kappa shape index (κ1) is 18.7. The number of methoxy groups -OCH3 is 1. The van der Waals surface area contributed by atoms with E-state index >= 15 is 0 Å². The van der Waals surface area contributed by atoms with E-state index in [4.69, 9.17) is 21.1 Å². The summed E-state index contributed by atoms with van der Waals surface area (Å²) in [6.07, 6.45) is 0.221. The first-order valence-electron chi connectivity index (χ1n) is 8.55. The average Bonchev–Trinajstić information content (AvgIpc) is 2.91. The zero-order chi connectivity index (χ0) is 18.8. The molecule has 3 atom stereocenters. The number of anilines is 1. The fourth-order valence-corrected chi connectivity index (χ4v) is 3.67.